The molecular formula is C23H18F2N8O7S. The van der Waals surface area contributed by atoms with E-state index in [2.05, 4.69) is 30.9 Å². The molecule has 4 rings (SSSR count). The first-order chi connectivity index (χ1) is 19.2. The Labute approximate surface area is 229 Å². The zero-order valence-electron chi connectivity index (χ0n) is 20.9. The van der Waals surface area contributed by atoms with Crippen molar-refractivity contribution in [2.45, 2.75) is 18.7 Å². The second kappa shape index (κ2) is 11.0. The molecule has 0 spiro atoms. The van der Waals surface area contributed by atoms with Crippen molar-refractivity contribution in [3.05, 3.63) is 91.8 Å². The third kappa shape index (κ3) is 6.62. The molecule has 1 aromatic heterocycles. The van der Waals surface area contributed by atoms with Crippen LogP contribution < -0.4 is 16.0 Å². The van der Waals surface area contributed by atoms with Gasteiger partial charge in [-0.2, -0.15) is 32.2 Å². The molecule has 0 radical (unpaired) electrons. The number of aromatic nitrogens is 3. The maximum absolute atomic E-state index is 14.3. The highest BCUT2D eigenvalue weighted by Gasteiger charge is 2.26. The van der Waals surface area contributed by atoms with Crippen LogP contribution in [0.5, 0.6) is 0 Å². The highest BCUT2D eigenvalue weighted by atomic mass is 32.2. The Bertz CT molecular complexity index is 1820. The molecule has 0 amide bonds. The minimum Gasteiger partial charge on any atom is -0.349 e. The second-order valence-corrected chi connectivity index (χ2v) is 9.84. The summed E-state index contributed by atoms with van der Waals surface area (Å²) in [4.78, 5) is 30.7. The predicted molar refractivity (Wildman–Crippen MR) is 142 cm³/mol. The molecule has 0 saturated carbocycles. The number of hydrogen-bond donors (Lipinski definition) is 4. The summed E-state index contributed by atoms with van der Waals surface area (Å²) < 4.78 is 62.0. The van der Waals surface area contributed by atoms with E-state index in [-0.39, 0.29) is 17.6 Å². The van der Waals surface area contributed by atoms with Crippen LogP contribution in [0.25, 0.3) is 0 Å². The van der Waals surface area contributed by atoms with Gasteiger partial charge in [0.1, 0.15) is 10.6 Å². The SMILES string of the molecule is Cc1ccc(Nc2nc(F)nc(Nc3ccc(S(=O)(=O)O)c(Nc4cc(F)c([N+](=O)[O-])cc4[N+](=O)[O-])c3)n2)cc1C. The molecule has 0 aliphatic carbocycles. The standard InChI is InChI=1S/C23H18F2N8O7S/c1-11-3-4-13(7-12(11)2)26-22-29-21(25)30-23(31-22)27-14-5-6-20(41(38,39)40)17(8-14)28-16-9-15(24)18(32(34)35)10-19(16)33(36)37/h3-10,28H,1-2H3,(H,38,39,40)(H2,26,27,29,30,31). The first kappa shape index (κ1) is 28.6. The van der Waals surface area contributed by atoms with Crippen LogP contribution in [0.15, 0.2) is 53.4 Å². The lowest BCUT2D eigenvalue weighted by molar-refractivity contribution is -0.395. The molecule has 0 atom stereocenters. The molecule has 0 saturated heterocycles. The number of nitro benzene ring substituents is 2. The Balaban J connectivity index is 1.71. The summed E-state index contributed by atoms with van der Waals surface area (Å²) in [5.41, 5.74) is -0.773. The van der Waals surface area contributed by atoms with Gasteiger partial charge in [-0.1, -0.05) is 6.07 Å². The maximum Gasteiger partial charge on any atom is 0.315 e. The maximum atomic E-state index is 14.3. The van der Waals surface area contributed by atoms with Gasteiger partial charge in [0.05, 0.1) is 21.6 Å². The number of anilines is 6. The monoisotopic (exact) mass is 588 g/mol. The minimum atomic E-state index is -4.94. The van der Waals surface area contributed by atoms with Crippen molar-refractivity contribution in [3.63, 3.8) is 0 Å². The molecule has 4 N–H and O–H groups in total. The van der Waals surface area contributed by atoms with E-state index in [1.165, 1.54) is 0 Å². The van der Waals surface area contributed by atoms with E-state index >= 15 is 0 Å². The van der Waals surface area contributed by atoms with Crippen molar-refractivity contribution in [1.82, 2.24) is 15.0 Å². The van der Waals surface area contributed by atoms with Crippen LogP contribution in [0.1, 0.15) is 11.1 Å². The summed E-state index contributed by atoms with van der Waals surface area (Å²) in [6, 6.07) is 9.17. The Morgan fingerprint density at radius 3 is 1.90 bits per heavy atom. The average Bonchev–Trinajstić information content (AvgIpc) is 2.85. The van der Waals surface area contributed by atoms with Gasteiger partial charge in [0.15, 0.2) is 0 Å². The van der Waals surface area contributed by atoms with E-state index in [4.69, 9.17) is 0 Å². The summed E-state index contributed by atoms with van der Waals surface area (Å²) in [5, 5.41) is 30.2. The van der Waals surface area contributed by atoms with Crippen molar-refractivity contribution in [2.24, 2.45) is 0 Å². The van der Waals surface area contributed by atoms with E-state index in [9.17, 15) is 42.0 Å². The molecule has 0 bridgehead atoms. The molecule has 0 aliphatic heterocycles. The Morgan fingerprint density at radius 2 is 1.34 bits per heavy atom. The fourth-order valence-corrected chi connectivity index (χ4v) is 4.18. The van der Waals surface area contributed by atoms with Crippen LogP contribution in [-0.4, -0.2) is 37.8 Å². The Morgan fingerprint density at radius 1 is 0.756 bits per heavy atom. The lowest BCUT2D eigenvalue weighted by Crippen LogP contribution is -2.08. The molecule has 0 unspecified atom stereocenters. The van der Waals surface area contributed by atoms with Gasteiger partial charge in [0.25, 0.3) is 15.8 Å². The molecule has 0 fully saturated rings. The van der Waals surface area contributed by atoms with E-state index in [0.29, 0.717) is 17.8 Å². The van der Waals surface area contributed by atoms with Gasteiger partial charge in [-0.15, -0.1) is 0 Å². The van der Waals surface area contributed by atoms with Crippen molar-refractivity contribution >= 4 is 56.1 Å². The van der Waals surface area contributed by atoms with Crippen LogP contribution in [-0.2, 0) is 10.1 Å². The smallest absolute Gasteiger partial charge is 0.315 e. The van der Waals surface area contributed by atoms with E-state index in [1.54, 1.807) is 12.1 Å². The number of nitro groups is 2. The van der Waals surface area contributed by atoms with Gasteiger partial charge >= 0.3 is 11.8 Å². The summed E-state index contributed by atoms with van der Waals surface area (Å²) in [5.74, 6) is -1.95. The van der Waals surface area contributed by atoms with Crippen LogP contribution in [0.4, 0.5) is 54.8 Å². The normalized spacial score (nSPS) is 11.1. The van der Waals surface area contributed by atoms with E-state index in [1.807, 2.05) is 19.9 Å². The molecule has 4 aromatic rings. The van der Waals surface area contributed by atoms with Gasteiger partial charge in [-0.3, -0.25) is 24.8 Å². The number of nitrogens with zero attached hydrogens (tertiary/aromatic N) is 5. The lowest BCUT2D eigenvalue weighted by atomic mass is 10.1. The largest absolute Gasteiger partial charge is 0.349 e. The number of hydrogen-bond acceptors (Lipinski definition) is 12. The van der Waals surface area contributed by atoms with Crippen LogP contribution in [0.2, 0.25) is 0 Å². The summed E-state index contributed by atoms with van der Waals surface area (Å²) in [6.45, 7) is 3.79. The fraction of sp³-hybridized carbons (Fsp3) is 0.0870. The minimum absolute atomic E-state index is 0.00679. The molecular weight excluding hydrogens is 570 g/mol. The highest BCUT2D eigenvalue weighted by molar-refractivity contribution is 7.86. The first-order valence-corrected chi connectivity index (χ1v) is 12.7. The van der Waals surface area contributed by atoms with Gasteiger partial charge in [-0.25, -0.2) is 0 Å². The van der Waals surface area contributed by atoms with Crippen molar-refractivity contribution in [2.75, 3.05) is 16.0 Å². The zero-order chi connectivity index (χ0) is 30.1. The number of halogens is 2. The number of rotatable bonds is 9. The van der Waals surface area contributed by atoms with E-state index in [0.717, 1.165) is 29.3 Å². The molecule has 41 heavy (non-hydrogen) atoms. The number of nitrogens with one attached hydrogen (secondary N) is 3. The molecule has 212 valence electrons. The molecule has 18 heteroatoms. The quantitative estimate of drug-likeness (QED) is 0.114. The van der Waals surface area contributed by atoms with Gasteiger partial charge in [0.2, 0.25) is 17.7 Å². The molecule has 0 aliphatic rings. The lowest BCUT2D eigenvalue weighted by Gasteiger charge is -2.14. The van der Waals surface area contributed by atoms with Gasteiger partial charge < -0.3 is 16.0 Å². The highest BCUT2D eigenvalue weighted by Crippen LogP contribution is 2.36. The van der Waals surface area contributed by atoms with Gasteiger partial charge in [-0.05, 0) is 55.3 Å². The molecule has 3 aromatic carbocycles. The van der Waals surface area contributed by atoms with Crippen molar-refractivity contribution < 1.29 is 31.6 Å². The van der Waals surface area contributed by atoms with Crippen LogP contribution in [0.3, 0.4) is 0 Å². The summed E-state index contributed by atoms with van der Waals surface area (Å²) in [7, 11) is -4.94. The average molecular weight is 589 g/mol. The van der Waals surface area contributed by atoms with Gasteiger partial charge in [0, 0.05) is 17.4 Å². The fourth-order valence-electron chi connectivity index (χ4n) is 3.56. The molecule has 1 heterocycles. The van der Waals surface area contributed by atoms with Crippen LogP contribution in [0, 0.1) is 46.0 Å². The van der Waals surface area contributed by atoms with Crippen molar-refractivity contribution in [1.29, 1.82) is 0 Å². The van der Waals surface area contributed by atoms with Crippen molar-refractivity contribution in [3.8, 4) is 0 Å². The Kier molecular flexibility index (Phi) is 7.70. The zero-order valence-corrected chi connectivity index (χ0v) is 21.7. The third-order valence-corrected chi connectivity index (χ3v) is 6.52. The Hall–Kier alpha value is -5.36. The topological polar surface area (TPSA) is 215 Å². The van der Waals surface area contributed by atoms with Crippen LogP contribution >= 0.6 is 0 Å². The van der Waals surface area contributed by atoms with E-state index < -0.39 is 59.5 Å². The summed E-state index contributed by atoms with van der Waals surface area (Å²) in [6.07, 6.45) is -1.17. The first-order valence-electron chi connectivity index (χ1n) is 11.2. The summed E-state index contributed by atoms with van der Waals surface area (Å²) >= 11 is 0. The predicted octanol–water partition coefficient (Wildman–Crippen LogP) is 5.06. The molecule has 15 nitrogen and oxygen atoms in total. The number of aryl methyl sites for hydroxylation is 2. The third-order valence-electron chi connectivity index (χ3n) is 5.61. The second-order valence-electron chi connectivity index (χ2n) is 8.45. The number of benzene rings is 3.